The number of carbonyl (C=O) groups is 3. The highest BCUT2D eigenvalue weighted by molar-refractivity contribution is 5.91. The van der Waals surface area contributed by atoms with Gasteiger partial charge in [0.1, 0.15) is 12.6 Å². The Morgan fingerprint density at radius 2 is 1.57 bits per heavy atom. The topological polar surface area (TPSA) is 87.7 Å². The SMILES string of the molecule is CC(C)C[C@@H](C(=O)N[C@H]1Cc2ccccc2CNC1=O)C(CN1CCc2ccccc2C1)C(=O)OCc1ccccc1. The maximum atomic E-state index is 14.1. The minimum Gasteiger partial charge on any atom is -0.461 e. The second-order valence-corrected chi connectivity index (χ2v) is 11.9. The molecule has 0 aromatic heterocycles. The van der Waals surface area contributed by atoms with Gasteiger partial charge in [-0.3, -0.25) is 19.3 Å². The van der Waals surface area contributed by atoms with Crippen LogP contribution in [0.5, 0.6) is 0 Å². The average molecular weight is 568 g/mol. The van der Waals surface area contributed by atoms with Crippen LogP contribution in [0.2, 0.25) is 0 Å². The van der Waals surface area contributed by atoms with Gasteiger partial charge in [-0.15, -0.1) is 0 Å². The number of rotatable bonds is 10. The Morgan fingerprint density at radius 3 is 2.31 bits per heavy atom. The highest BCUT2D eigenvalue weighted by Gasteiger charge is 2.39. The van der Waals surface area contributed by atoms with Crippen molar-refractivity contribution in [1.82, 2.24) is 15.5 Å². The van der Waals surface area contributed by atoms with Crippen molar-refractivity contribution in [3.05, 3.63) is 107 Å². The molecule has 3 aromatic rings. The number of ether oxygens (including phenoxy) is 1. The number of fused-ring (bicyclic) bond motifs is 2. The lowest BCUT2D eigenvalue weighted by atomic mass is 9.83. The number of nitrogens with one attached hydrogen (secondary N) is 2. The molecule has 220 valence electrons. The van der Waals surface area contributed by atoms with Gasteiger partial charge in [0, 0.05) is 32.6 Å². The van der Waals surface area contributed by atoms with Crippen molar-refractivity contribution in [2.45, 2.75) is 58.8 Å². The van der Waals surface area contributed by atoms with E-state index < -0.39 is 17.9 Å². The van der Waals surface area contributed by atoms with E-state index in [4.69, 9.17) is 4.74 Å². The molecule has 0 spiro atoms. The maximum absolute atomic E-state index is 14.1. The van der Waals surface area contributed by atoms with E-state index >= 15 is 0 Å². The molecule has 0 saturated heterocycles. The largest absolute Gasteiger partial charge is 0.461 e. The number of hydrogen-bond acceptors (Lipinski definition) is 5. The van der Waals surface area contributed by atoms with Crippen LogP contribution in [0, 0.1) is 17.8 Å². The zero-order valence-corrected chi connectivity index (χ0v) is 24.6. The number of carbonyl (C=O) groups excluding carboxylic acids is 3. The first-order valence-electron chi connectivity index (χ1n) is 15.0. The zero-order valence-electron chi connectivity index (χ0n) is 24.6. The first-order valence-corrected chi connectivity index (χ1v) is 15.0. The number of nitrogens with zero attached hydrogens (tertiary/aromatic N) is 1. The number of benzene rings is 3. The Bertz CT molecular complexity index is 1390. The van der Waals surface area contributed by atoms with Gasteiger partial charge in [-0.1, -0.05) is 92.7 Å². The fourth-order valence-electron chi connectivity index (χ4n) is 6.09. The van der Waals surface area contributed by atoms with Crippen molar-refractivity contribution in [1.29, 1.82) is 0 Å². The van der Waals surface area contributed by atoms with E-state index in [-0.39, 0.29) is 30.3 Å². The standard InChI is InChI=1S/C35H41N3O4/c1-24(2)18-30(33(39)37-32-19-27-13-7-8-14-28(27)20-36-34(32)40)31(35(41)42-23-25-10-4-3-5-11-25)22-38-17-16-26-12-6-9-15-29(26)21-38/h3-15,24,30-32H,16-23H2,1-2H3,(H,36,40)(H,37,39)/t30-,31?,32+/m1/s1. The molecule has 2 aliphatic heterocycles. The monoisotopic (exact) mass is 567 g/mol. The van der Waals surface area contributed by atoms with Crippen molar-refractivity contribution in [2.75, 3.05) is 13.1 Å². The Morgan fingerprint density at radius 1 is 0.905 bits per heavy atom. The fraction of sp³-hybridized carbons (Fsp3) is 0.400. The Labute approximate surface area is 248 Å². The molecule has 3 atom stereocenters. The molecule has 42 heavy (non-hydrogen) atoms. The van der Waals surface area contributed by atoms with Crippen LogP contribution in [-0.2, 0) is 51.7 Å². The van der Waals surface area contributed by atoms with Crippen molar-refractivity contribution in [2.24, 2.45) is 17.8 Å². The van der Waals surface area contributed by atoms with Crippen LogP contribution in [0.1, 0.15) is 48.1 Å². The number of amides is 2. The number of hydrogen-bond donors (Lipinski definition) is 2. The fourth-order valence-corrected chi connectivity index (χ4v) is 6.09. The van der Waals surface area contributed by atoms with Crippen molar-refractivity contribution in [3.63, 3.8) is 0 Å². The van der Waals surface area contributed by atoms with Crippen molar-refractivity contribution >= 4 is 17.8 Å². The summed E-state index contributed by atoms with van der Waals surface area (Å²) in [5, 5.41) is 5.99. The summed E-state index contributed by atoms with van der Waals surface area (Å²) in [7, 11) is 0. The summed E-state index contributed by atoms with van der Waals surface area (Å²) in [6.07, 6.45) is 1.81. The molecule has 0 radical (unpaired) electrons. The molecule has 2 amide bonds. The van der Waals surface area contributed by atoms with Crippen LogP contribution in [0.4, 0.5) is 0 Å². The summed E-state index contributed by atoms with van der Waals surface area (Å²) in [5.74, 6) is -2.02. The molecule has 2 heterocycles. The van der Waals surface area contributed by atoms with Gasteiger partial charge in [0.2, 0.25) is 11.8 Å². The van der Waals surface area contributed by atoms with E-state index in [0.29, 0.717) is 25.9 Å². The van der Waals surface area contributed by atoms with E-state index in [1.807, 2.05) is 60.7 Å². The van der Waals surface area contributed by atoms with Crippen LogP contribution < -0.4 is 10.6 Å². The third-order valence-electron chi connectivity index (χ3n) is 8.37. The van der Waals surface area contributed by atoms with Crippen LogP contribution in [0.15, 0.2) is 78.9 Å². The molecule has 5 rings (SSSR count). The zero-order chi connectivity index (χ0) is 29.5. The molecule has 7 nitrogen and oxygen atoms in total. The summed E-state index contributed by atoms with van der Waals surface area (Å²) >= 11 is 0. The summed E-state index contributed by atoms with van der Waals surface area (Å²) in [4.78, 5) is 43.2. The Kier molecular flexibility index (Phi) is 9.70. The van der Waals surface area contributed by atoms with Crippen LogP contribution in [-0.4, -0.2) is 41.8 Å². The minimum atomic E-state index is -0.710. The van der Waals surface area contributed by atoms with Gasteiger partial charge < -0.3 is 15.4 Å². The first-order chi connectivity index (χ1) is 20.4. The summed E-state index contributed by atoms with van der Waals surface area (Å²) in [5.41, 5.74) is 5.56. The third kappa shape index (κ3) is 7.45. The normalized spacial score (nSPS) is 18.2. The molecule has 3 aromatic carbocycles. The van der Waals surface area contributed by atoms with Crippen LogP contribution in [0.25, 0.3) is 0 Å². The predicted octanol–water partition coefficient (Wildman–Crippen LogP) is 4.42. The average Bonchev–Trinajstić information content (AvgIpc) is 3.16. The number of esters is 1. The maximum Gasteiger partial charge on any atom is 0.311 e. The molecule has 0 fully saturated rings. The van der Waals surface area contributed by atoms with Gasteiger partial charge in [0.15, 0.2) is 0 Å². The second kappa shape index (κ2) is 13.8. The molecule has 2 N–H and O–H groups in total. The van der Waals surface area contributed by atoms with Gasteiger partial charge in [0.25, 0.3) is 0 Å². The Hall–Kier alpha value is -3.97. The third-order valence-corrected chi connectivity index (χ3v) is 8.37. The van der Waals surface area contributed by atoms with Crippen LogP contribution in [0.3, 0.4) is 0 Å². The minimum absolute atomic E-state index is 0.150. The summed E-state index contributed by atoms with van der Waals surface area (Å²) in [6.45, 7) is 6.62. The molecule has 2 aliphatic rings. The van der Waals surface area contributed by atoms with Crippen LogP contribution >= 0.6 is 0 Å². The van der Waals surface area contributed by atoms with E-state index in [2.05, 4.69) is 47.6 Å². The van der Waals surface area contributed by atoms with E-state index in [0.717, 1.165) is 36.2 Å². The van der Waals surface area contributed by atoms with Gasteiger partial charge in [-0.25, -0.2) is 0 Å². The van der Waals surface area contributed by atoms with Gasteiger partial charge in [-0.05, 0) is 46.6 Å². The predicted molar refractivity (Wildman–Crippen MR) is 162 cm³/mol. The lowest BCUT2D eigenvalue weighted by Gasteiger charge is -2.34. The van der Waals surface area contributed by atoms with Gasteiger partial charge >= 0.3 is 5.97 Å². The highest BCUT2D eigenvalue weighted by Crippen LogP contribution is 2.28. The molecule has 0 bridgehead atoms. The molecule has 0 saturated carbocycles. The van der Waals surface area contributed by atoms with E-state index in [1.54, 1.807) is 0 Å². The lowest BCUT2D eigenvalue weighted by Crippen LogP contribution is -2.51. The molecular formula is C35H41N3O4. The Balaban J connectivity index is 1.38. The van der Waals surface area contributed by atoms with E-state index in [9.17, 15) is 14.4 Å². The quantitative estimate of drug-likeness (QED) is 0.354. The first kappa shape index (κ1) is 29.5. The molecule has 7 heteroatoms. The molecular weight excluding hydrogens is 526 g/mol. The smallest absolute Gasteiger partial charge is 0.311 e. The van der Waals surface area contributed by atoms with E-state index in [1.165, 1.54) is 11.1 Å². The molecule has 0 aliphatic carbocycles. The summed E-state index contributed by atoms with van der Waals surface area (Å²) < 4.78 is 5.87. The van der Waals surface area contributed by atoms with Gasteiger partial charge in [-0.2, -0.15) is 0 Å². The second-order valence-electron chi connectivity index (χ2n) is 11.9. The van der Waals surface area contributed by atoms with Gasteiger partial charge in [0.05, 0.1) is 11.8 Å². The van der Waals surface area contributed by atoms with Crippen molar-refractivity contribution in [3.8, 4) is 0 Å². The lowest BCUT2D eigenvalue weighted by molar-refractivity contribution is -0.156. The molecule has 1 unspecified atom stereocenters. The highest BCUT2D eigenvalue weighted by atomic mass is 16.5. The van der Waals surface area contributed by atoms with Crippen molar-refractivity contribution < 1.29 is 19.1 Å². The summed E-state index contributed by atoms with van der Waals surface area (Å²) in [6, 6.07) is 25.2.